The lowest BCUT2D eigenvalue weighted by molar-refractivity contribution is -0.384. The number of nitrogens with one attached hydrogen (secondary N) is 1. The Bertz CT molecular complexity index is 1170. The maximum atomic E-state index is 13.1. The number of carbonyl (C=O) groups is 2. The highest BCUT2D eigenvalue weighted by molar-refractivity contribution is 6.22. The molecule has 1 N–H and O–H groups in total. The number of aromatic nitrogens is 1. The van der Waals surface area contributed by atoms with Crippen LogP contribution in [0.25, 0.3) is 10.9 Å². The maximum absolute atomic E-state index is 13.1. The molecule has 8 heteroatoms. The summed E-state index contributed by atoms with van der Waals surface area (Å²) in [6, 6.07) is 13.2. The lowest BCUT2D eigenvalue weighted by Gasteiger charge is -2.30. The van der Waals surface area contributed by atoms with Crippen LogP contribution in [-0.4, -0.2) is 39.2 Å². The van der Waals surface area contributed by atoms with Crippen molar-refractivity contribution in [3.63, 3.8) is 0 Å². The van der Waals surface area contributed by atoms with Crippen LogP contribution in [0.4, 0.5) is 11.4 Å². The molecule has 8 nitrogen and oxygen atoms in total. The van der Waals surface area contributed by atoms with Crippen molar-refractivity contribution in [1.82, 2.24) is 9.88 Å². The predicted molar refractivity (Wildman–Crippen MR) is 106 cm³/mol. The number of nitrogens with zero attached hydrogens (tertiary/aromatic N) is 3. The zero-order chi connectivity index (χ0) is 20.1. The van der Waals surface area contributed by atoms with Crippen molar-refractivity contribution in [3.05, 3.63) is 69.9 Å². The van der Waals surface area contributed by atoms with Crippen molar-refractivity contribution in [3.8, 4) is 0 Å². The van der Waals surface area contributed by atoms with Gasteiger partial charge in [0.05, 0.1) is 23.1 Å². The van der Waals surface area contributed by atoms with Gasteiger partial charge in [-0.2, -0.15) is 0 Å². The number of hydrogen-bond donors (Lipinski definition) is 1. The second kappa shape index (κ2) is 6.52. The number of H-pyrrole nitrogens is 1. The van der Waals surface area contributed by atoms with Crippen LogP contribution in [0.1, 0.15) is 17.7 Å². The normalized spacial score (nSPS) is 19.7. The number of non-ortho nitro benzene ring substituents is 1. The van der Waals surface area contributed by atoms with Gasteiger partial charge in [-0.25, -0.2) is 4.90 Å². The topological polar surface area (TPSA) is 99.6 Å². The van der Waals surface area contributed by atoms with Gasteiger partial charge in [-0.05, 0) is 24.1 Å². The summed E-state index contributed by atoms with van der Waals surface area (Å²) in [5, 5.41) is 12.2. The molecule has 1 fully saturated rings. The number of anilines is 1. The summed E-state index contributed by atoms with van der Waals surface area (Å²) in [4.78, 5) is 42.7. The number of para-hydroxylation sites is 1. The van der Waals surface area contributed by atoms with E-state index in [1.165, 1.54) is 29.1 Å². The van der Waals surface area contributed by atoms with E-state index in [0.717, 1.165) is 22.5 Å². The van der Waals surface area contributed by atoms with Gasteiger partial charge in [0.1, 0.15) is 0 Å². The molecule has 29 heavy (non-hydrogen) atoms. The fourth-order valence-corrected chi connectivity index (χ4v) is 4.40. The number of imide groups is 1. The second-order valence-corrected chi connectivity index (χ2v) is 7.41. The molecule has 1 saturated heterocycles. The molecule has 2 aromatic carbocycles. The first-order chi connectivity index (χ1) is 14.0. The van der Waals surface area contributed by atoms with Gasteiger partial charge in [0.2, 0.25) is 5.91 Å². The minimum atomic E-state index is -0.554. The zero-order valence-corrected chi connectivity index (χ0v) is 15.5. The summed E-state index contributed by atoms with van der Waals surface area (Å²) in [7, 11) is 0. The lowest BCUT2D eigenvalue weighted by Crippen LogP contribution is -2.44. The summed E-state index contributed by atoms with van der Waals surface area (Å²) < 4.78 is 0. The Labute approximate surface area is 165 Å². The number of aromatic amines is 1. The average Bonchev–Trinajstić information content (AvgIpc) is 3.24. The third kappa shape index (κ3) is 2.80. The largest absolute Gasteiger partial charge is 0.357 e. The van der Waals surface area contributed by atoms with Gasteiger partial charge in [-0.1, -0.05) is 24.3 Å². The second-order valence-electron chi connectivity index (χ2n) is 7.41. The number of amides is 2. The van der Waals surface area contributed by atoms with Crippen LogP contribution in [0.3, 0.4) is 0 Å². The van der Waals surface area contributed by atoms with Crippen LogP contribution >= 0.6 is 0 Å². The molecule has 1 aromatic heterocycles. The summed E-state index contributed by atoms with van der Waals surface area (Å²) in [5.74, 6) is -0.655. The Morgan fingerprint density at radius 3 is 2.76 bits per heavy atom. The van der Waals surface area contributed by atoms with E-state index < -0.39 is 11.0 Å². The molecule has 1 atom stereocenters. The van der Waals surface area contributed by atoms with Crippen molar-refractivity contribution in [2.45, 2.75) is 25.4 Å². The van der Waals surface area contributed by atoms with Crippen LogP contribution in [-0.2, 0) is 22.6 Å². The minimum Gasteiger partial charge on any atom is -0.357 e. The molecular weight excluding hydrogens is 372 g/mol. The van der Waals surface area contributed by atoms with Gasteiger partial charge in [0.25, 0.3) is 11.6 Å². The maximum Gasteiger partial charge on any atom is 0.271 e. The van der Waals surface area contributed by atoms with E-state index in [0.29, 0.717) is 13.1 Å². The van der Waals surface area contributed by atoms with Gasteiger partial charge < -0.3 is 4.98 Å². The summed E-state index contributed by atoms with van der Waals surface area (Å²) in [5.41, 5.74) is 3.52. The standard InChI is InChI=1S/C21H18N4O4/c26-20-11-19(21(27)24(20)13-4-3-5-14(10-13)25(28)29)23-9-8-16-15-6-1-2-7-17(15)22-18(16)12-23/h1-7,10,19,22H,8-9,11-12H2. The van der Waals surface area contributed by atoms with Crippen LogP contribution < -0.4 is 4.90 Å². The van der Waals surface area contributed by atoms with Gasteiger partial charge in [0, 0.05) is 41.8 Å². The number of carbonyl (C=O) groups excluding carboxylic acids is 2. The fraction of sp³-hybridized carbons (Fsp3) is 0.238. The van der Waals surface area contributed by atoms with Crippen molar-refractivity contribution >= 4 is 34.1 Å². The van der Waals surface area contributed by atoms with Gasteiger partial charge >= 0.3 is 0 Å². The Balaban J connectivity index is 1.42. The molecular formula is C21H18N4O4. The number of nitro benzene ring substituents is 1. The molecule has 2 amide bonds. The van der Waals surface area contributed by atoms with E-state index in [9.17, 15) is 19.7 Å². The highest BCUT2D eigenvalue weighted by atomic mass is 16.6. The van der Waals surface area contributed by atoms with Gasteiger partial charge in [-0.3, -0.25) is 24.6 Å². The summed E-state index contributed by atoms with van der Waals surface area (Å²) >= 11 is 0. The van der Waals surface area contributed by atoms with Crippen molar-refractivity contribution in [2.24, 2.45) is 0 Å². The van der Waals surface area contributed by atoms with Crippen LogP contribution in [0.2, 0.25) is 0 Å². The van der Waals surface area contributed by atoms with Crippen LogP contribution in [0, 0.1) is 10.1 Å². The molecule has 3 heterocycles. The third-order valence-electron chi connectivity index (χ3n) is 5.77. The van der Waals surface area contributed by atoms with E-state index in [-0.39, 0.29) is 29.6 Å². The molecule has 2 aliphatic heterocycles. The van der Waals surface area contributed by atoms with E-state index in [1.54, 1.807) is 6.07 Å². The number of nitro groups is 1. The average molecular weight is 390 g/mol. The lowest BCUT2D eigenvalue weighted by atomic mass is 10.0. The molecule has 3 aromatic rings. The Hall–Kier alpha value is -3.52. The van der Waals surface area contributed by atoms with Gasteiger partial charge in [0.15, 0.2) is 0 Å². The SMILES string of the molecule is O=C1CC(N2CCc3c([nH]c4ccccc34)C2)C(=O)N1c1cccc([N+](=O)[O-])c1. The Morgan fingerprint density at radius 2 is 1.93 bits per heavy atom. The molecule has 5 rings (SSSR count). The number of rotatable bonds is 3. The number of fused-ring (bicyclic) bond motifs is 3. The highest BCUT2D eigenvalue weighted by Crippen LogP contribution is 2.32. The quantitative estimate of drug-likeness (QED) is 0.421. The zero-order valence-electron chi connectivity index (χ0n) is 15.5. The molecule has 0 bridgehead atoms. The monoisotopic (exact) mass is 390 g/mol. The first-order valence-electron chi connectivity index (χ1n) is 9.46. The first kappa shape index (κ1) is 17.6. The van der Waals surface area contributed by atoms with Crippen molar-refractivity contribution in [1.29, 1.82) is 0 Å². The smallest absolute Gasteiger partial charge is 0.271 e. The summed E-state index contributed by atoms with van der Waals surface area (Å²) in [6.45, 7) is 1.25. The summed E-state index contributed by atoms with van der Waals surface area (Å²) in [6.07, 6.45) is 0.880. The number of benzene rings is 2. The van der Waals surface area contributed by atoms with Gasteiger partial charge in [-0.15, -0.1) is 0 Å². The molecule has 146 valence electrons. The third-order valence-corrected chi connectivity index (χ3v) is 5.77. The highest BCUT2D eigenvalue weighted by Gasteiger charge is 2.44. The Morgan fingerprint density at radius 1 is 1.10 bits per heavy atom. The molecule has 0 radical (unpaired) electrons. The van der Waals surface area contributed by atoms with E-state index in [1.807, 2.05) is 23.1 Å². The predicted octanol–water partition coefficient (Wildman–Crippen LogP) is 2.77. The van der Waals surface area contributed by atoms with E-state index in [2.05, 4.69) is 11.1 Å². The minimum absolute atomic E-state index is 0.0804. The first-order valence-corrected chi connectivity index (χ1v) is 9.46. The molecule has 1 unspecified atom stereocenters. The molecule has 0 spiro atoms. The van der Waals surface area contributed by atoms with Crippen molar-refractivity contribution in [2.75, 3.05) is 11.4 Å². The molecule has 2 aliphatic rings. The van der Waals surface area contributed by atoms with E-state index >= 15 is 0 Å². The fourth-order valence-electron chi connectivity index (χ4n) is 4.40. The van der Waals surface area contributed by atoms with Crippen LogP contribution in [0.15, 0.2) is 48.5 Å². The van der Waals surface area contributed by atoms with Crippen molar-refractivity contribution < 1.29 is 14.5 Å². The molecule has 0 saturated carbocycles. The Kier molecular flexibility index (Phi) is 3.95. The van der Waals surface area contributed by atoms with Crippen LogP contribution in [0.5, 0.6) is 0 Å². The van der Waals surface area contributed by atoms with E-state index in [4.69, 9.17) is 0 Å². The molecule has 0 aliphatic carbocycles. The number of hydrogen-bond acceptors (Lipinski definition) is 5.